The maximum absolute atomic E-state index is 5.55. The van der Waals surface area contributed by atoms with Crippen LogP contribution in [0, 0.1) is 0 Å². The summed E-state index contributed by atoms with van der Waals surface area (Å²) >= 11 is 1.79. The van der Waals surface area contributed by atoms with Crippen LogP contribution in [0.1, 0.15) is 9.75 Å². The van der Waals surface area contributed by atoms with Crippen molar-refractivity contribution in [2.24, 2.45) is 5.73 Å². The maximum Gasteiger partial charge on any atom is 0.0589 e. The van der Waals surface area contributed by atoms with Gasteiger partial charge in [0.25, 0.3) is 0 Å². The van der Waals surface area contributed by atoms with Crippen LogP contribution in [0.2, 0.25) is 0 Å². The van der Waals surface area contributed by atoms with E-state index < -0.39 is 0 Å². The number of likely N-dealkylation sites (N-methyl/N-ethyl adjacent to an activating group) is 1. The average molecular weight is 214 g/mol. The van der Waals surface area contributed by atoms with Crippen LogP contribution >= 0.6 is 11.3 Å². The molecule has 0 aliphatic rings. The molecule has 0 radical (unpaired) electrons. The van der Waals surface area contributed by atoms with Crippen LogP contribution < -0.4 is 5.73 Å². The van der Waals surface area contributed by atoms with E-state index in [9.17, 15) is 0 Å². The summed E-state index contributed by atoms with van der Waals surface area (Å²) in [6, 6.07) is 4.25. The molecule has 0 spiro atoms. The summed E-state index contributed by atoms with van der Waals surface area (Å²) in [5, 5.41) is 0. The number of nitrogens with two attached hydrogens (primary N) is 1. The third kappa shape index (κ3) is 3.75. The molecule has 0 fully saturated rings. The maximum atomic E-state index is 5.55. The van der Waals surface area contributed by atoms with Gasteiger partial charge in [-0.05, 0) is 19.2 Å². The van der Waals surface area contributed by atoms with Gasteiger partial charge in [0.05, 0.1) is 6.61 Å². The lowest BCUT2D eigenvalue weighted by molar-refractivity contribution is 0.159. The standard InChI is InChI=1S/C10H18N2OS/c1-12(5-6-13-2)8-10-4-3-9(7-11)14-10/h3-4H,5-8,11H2,1-2H3. The van der Waals surface area contributed by atoms with Gasteiger partial charge in [0.2, 0.25) is 0 Å². The molecule has 1 rings (SSSR count). The highest BCUT2D eigenvalue weighted by Gasteiger charge is 2.02. The molecular formula is C10H18N2OS. The van der Waals surface area contributed by atoms with E-state index in [4.69, 9.17) is 10.5 Å². The minimum absolute atomic E-state index is 0.645. The van der Waals surface area contributed by atoms with Crippen molar-refractivity contribution in [1.29, 1.82) is 0 Å². The minimum atomic E-state index is 0.645. The van der Waals surface area contributed by atoms with Crippen LogP contribution in [0.15, 0.2) is 12.1 Å². The van der Waals surface area contributed by atoms with Crippen molar-refractivity contribution in [3.05, 3.63) is 21.9 Å². The first kappa shape index (κ1) is 11.7. The average Bonchev–Trinajstić information content (AvgIpc) is 2.62. The van der Waals surface area contributed by atoms with Crippen LogP contribution in [0.25, 0.3) is 0 Å². The fourth-order valence-corrected chi connectivity index (χ4v) is 2.19. The minimum Gasteiger partial charge on any atom is -0.383 e. The summed E-state index contributed by atoms with van der Waals surface area (Å²) in [5.74, 6) is 0. The van der Waals surface area contributed by atoms with E-state index in [0.717, 1.165) is 19.7 Å². The number of rotatable bonds is 6. The Kier molecular flexibility index (Phi) is 5.11. The summed E-state index contributed by atoms with van der Waals surface area (Å²) in [6.07, 6.45) is 0. The van der Waals surface area contributed by atoms with Crippen molar-refractivity contribution in [3.63, 3.8) is 0 Å². The largest absolute Gasteiger partial charge is 0.383 e. The molecule has 0 atom stereocenters. The van der Waals surface area contributed by atoms with Crippen molar-refractivity contribution in [3.8, 4) is 0 Å². The van der Waals surface area contributed by atoms with Crippen LogP contribution in [0.3, 0.4) is 0 Å². The van der Waals surface area contributed by atoms with Crippen molar-refractivity contribution in [2.75, 3.05) is 27.3 Å². The van der Waals surface area contributed by atoms with E-state index in [1.807, 2.05) is 0 Å². The van der Waals surface area contributed by atoms with E-state index in [0.29, 0.717) is 6.54 Å². The van der Waals surface area contributed by atoms with Crippen molar-refractivity contribution in [1.82, 2.24) is 4.90 Å². The fraction of sp³-hybridized carbons (Fsp3) is 0.600. The highest BCUT2D eigenvalue weighted by atomic mass is 32.1. The van der Waals surface area contributed by atoms with E-state index in [-0.39, 0.29) is 0 Å². The summed E-state index contributed by atoms with van der Waals surface area (Å²) in [4.78, 5) is 4.86. The second-order valence-electron chi connectivity index (χ2n) is 3.30. The van der Waals surface area contributed by atoms with E-state index in [1.165, 1.54) is 9.75 Å². The lowest BCUT2D eigenvalue weighted by atomic mass is 10.4. The molecule has 0 aliphatic carbocycles. The highest BCUT2D eigenvalue weighted by Crippen LogP contribution is 2.16. The monoisotopic (exact) mass is 214 g/mol. The quantitative estimate of drug-likeness (QED) is 0.775. The van der Waals surface area contributed by atoms with Gasteiger partial charge in [-0.1, -0.05) is 0 Å². The van der Waals surface area contributed by atoms with Crippen LogP contribution in [0.4, 0.5) is 0 Å². The first-order valence-electron chi connectivity index (χ1n) is 4.71. The number of methoxy groups -OCH3 is 1. The normalized spacial score (nSPS) is 11.1. The number of hydrogen-bond donors (Lipinski definition) is 1. The second kappa shape index (κ2) is 6.14. The van der Waals surface area contributed by atoms with E-state index in [1.54, 1.807) is 18.4 Å². The molecule has 4 heteroatoms. The third-order valence-electron chi connectivity index (χ3n) is 2.02. The lowest BCUT2D eigenvalue weighted by Crippen LogP contribution is -2.21. The van der Waals surface area contributed by atoms with Crippen molar-refractivity contribution >= 4 is 11.3 Å². The summed E-state index contributed by atoms with van der Waals surface area (Å²) in [6.45, 7) is 3.37. The Morgan fingerprint density at radius 2 is 2.14 bits per heavy atom. The Morgan fingerprint density at radius 1 is 1.43 bits per heavy atom. The van der Waals surface area contributed by atoms with Gasteiger partial charge in [0.15, 0.2) is 0 Å². The fourth-order valence-electron chi connectivity index (χ4n) is 1.21. The molecule has 0 aromatic carbocycles. The lowest BCUT2D eigenvalue weighted by Gasteiger charge is -2.14. The molecule has 0 saturated heterocycles. The number of thiophene rings is 1. The highest BCUT2D eigenvalue weighted by molar-refractivity contribution is 7.11. The first-order valence-corrected chi connectivity index (χ1v) is 5.53. The Labute approximate surface area is 89.5 Å². The SMILES string of the molecule is COCCN(C)Cc1ccc(CN)s1. The Morgan fingerprint density at radius 3 is 2.71 bits per heavy atom. The number of ether oxygens (including phenoxy) is 1. The molecule has 1 aromatic heterocycles. The van der Waals surface area contributed by atoms with Gasteiger partial charge in [-0.3, -0.25) is 4.90 Å². The smallest absolute Gasteiger partial charge is 0.0589 e. The predicted molar refractivity (Wildman–Crippen MR) is 60.4 cm³/mol. The molecule has 0 aliphatic heterocycles. The van der Waals surface area contributed by atoms with Crippen LogP contribution in [-0.2, 0) is 17.8 Å². The van der Waals surface area contributed by atoms with Crippen LogP contribution in [-0.4, -0.2) is 32.2 Å². The summed E-state index contributed by atoms with van der Waals surface area (Å²) < 4.78 is 5.02. The molecule has 0 saturated carbocycles. The number of hydrogen-bond acceptors (Lipinski definition) is 4. The van der Waals surface area contributed by atoms with Gasteiger partial charge in [-0.25, -0.2) is 0 Å². The molecule has 0 bridgehead atoms. The Hall–Kier alpha value is -0.420. The molecule has 14 heavy (non-hydrogen) atoms. The van der Waals surface area contributed by atoms with Gasteiger partial charge < -0.3 is 10.5 Å². The van der Waals surface area contributed by atoms with E-state index in [2.05, 4.69) is 24.1 Å². The van der Waals surface area contributed by atoms with Crippen LogP contribution in [0.5, 0.6) is 0 Å². The van der Waals surface area contributed by atoms with E-state index >= 15 is 0 Å². The van der Waals surface area contributed by atoms with Crippen molar-refractivity contribution in [2.45, 2.75) is 13.1 Å². The summed E-state index contributed by atoms with van der Waals surface area (Å²) in [7, 11) is 3.83. The van der Waals surface area contributed by atoms with Gasteiger partial charge in [0, 0.05) is 36.5 Å². The van der Waals surface area contributed by atoms with Gasteiger partial charge >= 0.3 is 0 Å². The molecule has 1 heterocycles. The van der Waals surface area contributed by atoms with Gasteiger partial charge in [-0.15, -0.1) is 11.3 Å². The third-order valence-corrected chi connectivity index (χ3v) is 3.11. The molecule has 3 nitrogen and oxygen atoms in total. The zero-order valence-corrected chi connectivity index (χ0v) is 9.64. The molecule has 2 N–H and O–H groups in total. The predicted octanol–water partition coefficient (Wildman–Crippen LogP) is 1.29. The molecule has 1 aromatic rings. The molecular weight excluding hydrogens is 196 g/mol. The van der Waals surface area contributed by atoms with Gasteiger partial charge in [0.1, 0.15) is 0 Å². The molecule has 0 amide bonds. The summed E-state index contributed by atoms with van der Waals surface area (Å²) in [5.41, 5.74) is 5.55. The zero-order valence-electron chi connectivity index (χ0n) is 8.82. The first-order chi connectivity index (χ1) is 6.76. The Balaban J connectivity index is 2.35. The zero-order chi connectivity index (χ0) is 10.4. The molecule has 80 valence electrons. The van der Waals surface area contributed by atoms with Crippen molar-refractivity contribution < 1.29 is 4.74 Å². The van der Waals surface area contributed by atoms with Gasteiger partial charge in [-0.2, -0.15) is 0 Å². The topological polar surface area (TPSA) is 38.5 Å². The molecule has 0 unspecified atom stereocenters. The second-order valence-corrected chi connectivity index (χ2v) is 4.56. The Bertz CT molecular complexity index is 262. The number of nitrogens with zero attached hydrogens (tertiary/aromatic N) is 1.